The summed E-state index contributed by atoms with van der Waals surface area (Å²) in [6, 6.07) is 3.87. The van der Waals surface area contributed by atoms with Crippen LogP contribution in [0.5, 0.6) is 0 Å². The number of nitrogens with one attached hydrogen (secondary N) is 11. The number of alkyl halides is 3. The number of H-pyrrole nitrogens is 1. The van der Waals surface area contributed by atoms with E-state index in [1.165, 1.54) is 20.8 Å². The summed E-state index contributed by atoms with van der Waals surface area (Å²) in [6.07, 6.45) is -5.07. The Morgan fingerprint density at radius 3 is 1.68 bits per heavy atom. The normalized spacial score (nSPS) is 15.1. The number of halogens is 3. The lowest BCUT2D eigenvalue weighted by atomic mass is 10.0. The molecule has 0 spiro atoms. The van der Waals surface area contributed by atoms with Gasteiger partial charge in [-0.25, -0.2) is 4.99 Å². The molecule has 0 bridgehead atoms. The maximum atomic E-state index is 14.7. The number of carbonyl (C=O) groups excluding carboxylic acids is 10. The van der Waals surface area contributed by atoms with Crippen LogP contribution in [0, 0.1) is 0 Å². The fraction of sp³-hybridized carbons (Fsp3) is 0.528. The van der Waals surface area contributed by atoms with Crippen molar-refractivity contribution in [2.45, 2.75) is 139 Å². The SMILES string of the molecule is CC(=O)N[C@H](CCCCNC(N)=NCC(F)(F)F)C(=O)NCC(=O)N[C@@H](CS)C(=O)N[C@@H](Cc1ccccc1)C(=O)N[C@H](Cc1c[nH]c2ccccc12)C(=O)N[C@@H](CCCCN)C(=O)N[C@H](C(=O)N[C@@H](CS)C(=O)N[C@H](C(N)=O)[C@@H](C)O)[C@@H](C)O. The first-order valence-corrected chi connectivity index (χ1v) is 28.4. The lowest BCUT2D eigenvalue weighted by molar-refractivity contribution is -0.137. The van der Waals surface area contributed by atoms with Crippen molar-refractivity contribution < 1.29 is 71.3 Å². The fourth-order valence-corrected chi connectivity index (χ4v) is 8.84. The summed E-state index contributed by atoms with van der Waals surface area (Å²) in [5.74, 6) is -10.1. The number of fused-ring (bicyclic) bond motifs is 1. The van der Waals surface area contributed by atoms with Crippen molar-refractivity contribution in [2.75, 3.05) is 37.7 Å². The third-order valence-electron chi connectivity index (χ3n) is 12.8. The monoisotopic (exact) mass is 1240 g/mol. The molecule has 3 rings (SSSR count). The predicted molar refractivity (Wildman–Crippen MR) is 314 cm³/mol. The van der Waals surface area contributed by atoms with Gasteiger partial charge >= 0.3 is 6.18 Å². The average molecular weight is 1240 g/mol. The lowest BCUT2D eigenvalue weighted by Crippen LogP contribution is -2.62. The van der Waals surface area contributed by atoms with E-state index in [1.807, 2.05) is 0 Å². The Balaban J connectivity index is 1.86. The van der Waals surface area contributed by atoms with Gasteiger partial charge in [0, 0.05) is 54.9 Å². The molecule has 0 saturated heterocycles. The first-order chi connectivity index (χ1) is 40.2. The van der Waals surface area contributed by atoms with Gasteiger partial charge in [0.1, 0.15) is 54.9 Å². The molecule has 470 valence electrons. The maximum absolute atomic E-state index is 14.7. The zero-order valence-corrected chi connectivity index (χ0v) is 48.9. The highest BCUT2D eigenvalue weighted by atomic mass is 32.1. The van der Waals surface area contributed by atoms with Crippen LogP contribution < -0.4 is 70.4 Å². The van der Waals surface area contributed by atoms with Gasteiger partial charge in [-0.05, 0) is 76.1 Å². The third kappa shape index (κ3) is 25.6. The van der Waals surface area contributed by atoms with Gasteiger partial charge in [-0.15, -0.1) is 0 Å². The zero-order valence-electron chi connectivity index (χ0n) is 47.1. The number of amides is 10. The molecule has 0 radical (unpaired) electrons. The van der Waals surface area contributed by atoms with Gasteiger partial charge in [0.25, 0.3) is 0 Å². The summed E-state index contributed by atoms with van der Waals surface area (Å²) >= 11 is 8.36. The number of para-hydroxylation sites is 1. The summed E-state index contributed by atoms with van der Waals surface area (Å²) < 4.78 is 37.3. The highest BCUT2D eigenvalue weighted by Gasteiger charge is 2.36. The second-order valence-electron chi connectivity index (χ2n) is 19.8. The lowest BCUT2D eigenvalue weighted by Gasteiger charge is -2.28. The van der Waals surface area contributed by atoms with Crippen LogP contribution in [0.25, 0.3) is 10.9 Å². The predicted octanol–water partition coefficient (Wildman–Crippen LogP) is -3.16. The molecular formula is C53H78F3N15O12S2. The summed E-state index contributed by atoms with van der Waals surface area (Å²) in [5, 5.41) is 46.3. The standard InChI is InChI=1S/C53H78F3N15O12S2/c1-28(72)42(44(58)76)70-50(82)40(26-85)69-51(83)43(29(2)73)71-46(78)36(17-9-11-19-57)66-48(80)38(22-32-23-61-34-16-8-7-15-33(32)34)68-47(79)37(21-31-13-5-4-6-14-31)67-49(81)39(25-84)65-41(75)24-62-45(77)35(64-30(3)74)18-10-12-20-60-52(59)63-27-53(54,55)56/h4-8,13-16,23,28-29,35-40,42-43,61,72-73,84-85H,9-12,17-22,24-27,57H2,1-3H3,(H2,58,76)(H,62,77)(H,64,74)(H,65,75)(H,66,80)(H,67,81)(H,68,79)(H,69,83)(H,70,82)(H,71,78)(H3,59,60,63)/t28-,29-,35-,36+,37+,38-,39+,40+,42+,43+/m1/s1. The number of hydrogen-bond donors (Lipinski definition) is 18. The number of guanidine groups is 1. The van der Waals surface area contributed by atoms with Crippen LogP contribution in [-0.2, 0) is 60.8 Å². The maximum Gasteiger partial charge on any atom is 0.408 e. The number of aliphatic imine (C=N–C) groups is 1. The van der Waals surface area contributed by atoms with Gasteiger partial charge in [0.15, 0.2) is 5.96 Å². The topological polar surface area (TPSA) is 438 Å². The number of benzene rings is 2. The van der Waals surface area contributed by atoms with Gasteiger partial charge in [-0.1, -0.05) is 48.5 Å². The van der Waals surface area contributed by atoms with Crippen LogP contribution in [0.1, 0.15) is 70.4 Å². The quantitative estimate of drug-likeness (QED) is 0.0118. The van der Waals surface area contributed by atoms with Crippen molar-refractivity contribution in [1.29, 1.82) is 0 Å². The molecule has 0 aliphatic rings. The second kappa shape index (κ2) is 36.2. The molecule has 85 heavy (non-hydrogen) atoms. The number of aromatic nitrogens is 1. The van der Waals surface area contributed by atoms with Crippen LogP contribution in [-0.4, -0.2) is 185 Å². The molecule has 32 heteroatoms. The number of primary amides is 1. The van der Waals surface area contributed by atoms with Crippen molar-refractivity contribution in [1.82, 2.24) is 58.2 Å². The minimum absolute atomic E-state index is 0.0542. The van der Waals surface area contributed by atoms with Crippen LogP contribution in [0.4, 0.5) is 13.2 Å². The molecular weight excluding hydrogens is 1160 g/mol. The minimum Gasteiger partial charge on any atom is -0.391 e. The van der Waals surface area contributed by atoms with Gasteiger partial charge in [0.2, 0.25) is 59.1 Å². The Morgan fingerprint density at radius 2 is 1.11 bits per heavy atom. The zero-order chi connectivity index (χ0) is 63.4. The van der Waals surface area contributed by atoms with Crippen LogP contribution in [0.3, 0.4) is 0 Å². The van der Waals surface area contributed by atoms with Gasteiger partial charge in [-0.3, -0.25) is 47.9 Å². The highest BCUT2D eigenvalue weighted by Crippen LogP contribution is 2.20. The van der Waals surface area contributed by atoms with Crippen molar-refractivity contribution in [3.05, 3.63) is 71.9 Å². The molecule has 10 atom stereocenters. The molecule has 27 nitrogen and oxygen atoms in total. The number of unbranched alkanes of at least 4 members (excludes halogenated alkanes) is 2. The third-order valence-corrected chi connectivity index (χ3v) is 13.5. The van der Waals surface area contributed by atoms with E-state index in [0.717, 1.165) is 0 Å². The Labute approximate surface area is 499 Å². The molecule has 1 heterocycles. The summed E-state index contributed by atoms with van der Waals surface area (Å²) in [7, 11) is 0. The van der Waals surface area contributed by atoms with Crippen LogP contribution in [0.2, 0.25) is 0 Å². The van der Waals surface area contributed by atoms with Gasteiger partial charge in [0.05, 0.1) is 18.8 Å². The number of thiol groups is 2. The van der Waals surface area contributed by atoms with E-state index in [2.05, 4.69) is 88.4 Å². The second-order valence-corrected chi connectivity index (χ2v) is 20.6. The van der Waals surface area contributed by atoms with Gasteiger partial charge < -0.3 is 85.6 Å². The largest absolute Gasteiger partial charge is 0.408 e. The van der Waals surface area contributed by atoms with Crippen molar-refractivity contribution in [2.24, 2.45) is 22.2 Å². The molecule has 10 amide bonds. The Morgan fingerprint density at radius 1 is 0.600 bits per heavy atom. The Hall–Kier alpha value is -7.68. The Kier molecular flexibility index (Phi) is 30.5. The molecule has 0 fully saturated rings. The van der Waals surface area contributed by atoms with E-state index in [0.29, 0.717) is 34.9 Å². The summed E-state index contributed by atoms with van der Waals surface area (Å²) in [6.45, 7) is 1.69. The van der Waals surface area contributed by atoms with E-state index in [9.17, 15) is 71.3 Å². The molecule has 0 aliphatic heterocycles. The average Bonchev–Trinajstić information content (AvgIpc) is 3.64. The number of carbonyl (C=O) groups is 10. The van der Waals surface area contributed by atoms with E-state index >= 15 is 0 Å². The van der Waals surface area contributed by atoms with E-state index in [4.69, 9.17) is 17.2 Å². The minimum atomic E-state index is -4.54. The molecule has 0 aliphatic carbocycles. The number of nitrogens with zero attached hydrogens (tertiary/aromatic N) is 1. The number of nitrogens with two attached hydrogens (primary N) is 3. The van der Waals surface area contributed by atoms with E-state index in [1.54, 1.807) is 60.8 Å². The number of hydrogen-bond acceptors (Lipinski definition) is 16. The molecule has 19 N–H and O–H groups in total. The van der Waals surface area contributed by atoms with Crippen molar-refractivity contribution in [3.63, 3.8) is 0 Å². The van der Waals surface area contributed by atoms with Crippen molar-refractivity contribution >= 4 is 101 Å². The van der Waals surface area contributed by atoms with Crippen molar-refractivity contribution in [3.8, 4) is 0 Å². The first kappa shape index (κ1) is 71.6. The summed E-state index contributed by atoms with van der Waals surface area (Å²) in [5.41, 5.74) is 18.3. The number of aliphatic hydroxyl groups excluding tert-OH is 2. The Bertz CT molecular complexity index is 2760. The summed E-state index contributed by atoms with van der Waals surface area (Å²) in [4.78, 5) is 141. The molecule has 2 aromatic carbocycles. The number of aliphatic hydroxyl groups is 2. The van der Waals surface area contributed by atoms with E-state index < -0.39 is 145 Å². The highest BCUT2D eigenvalue weighted by molar-refractivity contribution is 7.80. The van der Waals surface area contributed by atoms with E-state index in [-0.39, 0.29) is 63.1 Å². The first-order valence-electron chi connectivity index (χ1n) is 27.1. The fourth-order valence-electron chi connectivity index (χ4n) is 8.33. The van der Waals surface area contributed by atoms with Crippen LogP contribution >= 0.6 is 25.3 Å². The molecule has 1 aromatic heterocycles. The smallest absolute Gasteiger partial charge is 0.391 e. The molecule has 0 unspecified atom stereocenters. The number of aromatic amines is 1. The number of rotatable bonds is 36. The van der Waals surface area contributed by atoms with Crippen LogP contribution in [0.15, 0.2) is 65.8 Å². The molecule has 3 aromatic rings. The molecule has 0 saturated carbocycles. The van der Waals surface area contributed by atoms with Gasteiger partial charge in [-0.2, -0.15) is 38.4 Å².